The van der Waals surface area contributed by atoms with E-state index in [9.17, 15) is 9.59 Å². The topological polar surface area (TPSA) is 89.9 Å². The number of nitrogens with one attached hydrogen (secondary N) is 1. The van der Waals surface area contributed by atoms with Crippen LogP contribution in [0.15, 0.2) is 0 Å². The molecule has 0 spiro atoms. The van der Waals surface area contributed by atoms with E-state index in [2.05, 4.69) is 5.32 Å². The highest BCUT2D eigenvalue weighted by Gasteiger charge is 2.32. The van der Waals surface area contributed by atoms with Crippen LogP contribution in [0.4, 0.5) is 4.79 Å². The lowest BCUT2D eigenvalue weighted by Gasteiger charge is -2.31. The molecule has 1 saturated carbocycles. The smallest absolute Gasteiger partial charge is 0.317 e. The number of carboxylic acids is 1. The highest BCUT2D eigenvalue weighted by atomic mass is 16.4. The summed E-state index contributed by atoms with van der Waals surface area (Å²) in [6, 6.07) is -0.504. The third-order valence-corrected chi connectivity index (χ3v) is 3.65. The van der Waals surface area contributed by atoms with Crippen molar-refractivity contribution < 1.29 is 19.8 Å². The van der Waals surface area contributed by atoms with E-state index in [4.69, 9.17) is 10.2 Å². The molecular formula is C13H24N2O4. The first kappa shape index (κ1) is 15.8. The Balaban J connectivity index is 2.54. The van der Waals surface area contributed by atoms with E-state index >= 15 is 0 Å². The third-order valence-electron chi connectivity index (χ3n) is 3.65. The minimum absolute atomic E-state index is 0.0466. The van der Waals surface area contributed by atoms with Gasteiger partial charge >= 0.3 is 12.0 Å². The summed E-state index contributed by atoms with van der Waals surface area (Å²) in [5.41, 5.74) is 0. The van der Waals surface area contributed by atoms with Gasteiger partial charge in [-0.15, -0.1) is 0 Å². The number of rotatable bonds is 6. The number of aliphatic hydroxyl groups excluding tert-OH is 1. The van der Waals surface area contributed by atoms with E-state index in [1.165, 1.54) is 0 Å². The molecule has 1 aliphatic rings. The van der Waals surface area contributed by atoms with E-state index in [-0.39, 0.29) is 18.7 Å². The van der Waals surface area contributed by atoms with Crippen molar-refractivity contribution in [1.29, 1.82) is 0 Å². The molecule has 6 nitrogen and oxygen atoms in total. The van der Waals surface area contributed by atoms with Gasteiger partial charge in [0.1, 0.15) is 0 Å². The molecule has 0 aromatic heterocycles. The average molecular weight is 272 g/mol. The van der Waals surface area contributed by atoms with Crippen LogP contribution in [0.5, 0.6) is 0 Å². The van der Waals surface area contributed by atoms with Gasteiger partial charge in [0, 0.05) is 25.7 Å². The van der Waals surface area contributed by atoms with Crippen molar-refractivity contribution in [2.75, 3.05) is 19.7 Å². The van der Waals surface area contributed by atoms with Gasteiger partial charge in [-0.05, 0) is 26.2 Å². The lowest BCUT2D eigenvalue weighted by atomic mass is 9.84. The number of amides is 2. The van der Waals surface area contributed by atoms with Crippen LogP contribution in [0.1, 0.15) is 39.0 Å². The molecule has 0 bridgehead atoms. The van der Waals surface area contributed by atoms with Gasteiger partial charge < -0.3 is 20.4 Å². The molecule has 0 saturated heterocycles. The summed E-state index contributed by atoms with van der Waals surface area (Å²) in [6.07, 6.45) is 3.75. The number of hydrogen-bond acceptors (Lipinski definition) is 3. The van der Waals surface area contributed by atoms with Crippen LogP contribution < -0.4 is 5.32 Å². The Labute approximate surface area is 113 Å². The van der Waals surface area contributed by atoms with Gasteiger partial charge in [-0.2, -0.15) is 0 Å². The standard InChI is InChI=1S/C13H24N2O4/c1-2-15(8-5-9-16)13(19)14-11-7-4-3-6-10(11)12(17)18/h10-11,16H,2-9H2,1H3,(H,14,19)(H,17,18). The average Bonchev–Trinajstić information content (AvgIpc) is 2.40. The van der Waals surface area contributed by atoms with Crippen molar-refractivity contribution >= 4 is 12.0 Å². The summed E-state index contributed by atoms with van der Waals surface area (Å²) in [5.74, 6) is -1.31. The molecule has 110 valence electrons. The maximum Gasteiger partial charge on any atom is 0.317 e. The van der Waals surface area contributed by atoms with Crippen molar-refractivity contribution in [3.8, 4) is 0 Å². The monoisotopic (exact) mass is 272 g/mol. The van der Waals surface area contributed by atoms with Gasteiger partial charge in [0.05, 0.1) is 5.92 Å². The van der Waals surface area contributed by atoms with Gasteiger partial charge in [0.15, 0.2) is 0 Å². The first-order valence-corrected chi connectivity index (χ1v) is 6.99. The summed E-state index contributed by atoms with van der Waals surface area (Å²) in [6.45, 7) is 2.96. The van der Waals surface area contributed by atoms with Crippen molar-refractivity contribution in [1.82, 2.24) is 10.2 Å². The second kappa shape index (κ2) is 7.99. The van der Waals surface area contributed by atoms with Gasteiger partial charge in [-0.1, -0.05) is 12.8 Å². The van der Waals surface area contributed by atoms with Crippen LogP contribution >= 0.6 is 0 Å². The molecule has 2 amide bonds. The first-order valence-electron chi connectivity index (χ1n) is 6.99. The highest BCUT2D eigenvalue weighted by Crippen LogP contribution is 2.24. The maximum absolute atomic E-state index is 12.1. The molecule has 0 heterocycles. The summed E-state index contributed by atoms with van der Waals surface area (Å²) in [4.78, 5) is 24.8. The normalized spacial score (nSPS) is 22.8. The van der Waals surface area contributed by atoms with Gasteiger partial charge in [0.25, 0.3) is 0 Å². The molecular weight excluding hydrogens is 248 g/mol. The molecule has 0 radical (unpaired) electrons. The second-order valence-corrected chi connectivity index (χ2v) is 4.94. The molecule has 3 N–H and O–H groups in total. The Bertz CT molecular complexity index is 309. The van der Waals surface area contributed by atoms with Crippen LogP contribution in [0, 0.1) is 5.92 Å². The molecule has 19 heavy (non-hydrogen) atoms. The van der Waals surface area contributed by atoms with E-state index in [0.717, 1.165) is 19.3 Å². The number of carboxylic acid groups (broad SMARTS) is 1. The van der Waals surface area contributed by atoms with Crippen LogP contribution in [0.25, 0.3) is 0 Å². The molecule has 2 unspecified atom stereocenters. The summed E-state index contributed by atoms with van der Waals surface area (Å²) < 4.78 is 0. The predicted octanol–water partition coefficient (Wildman–Crippen LogP) is 1.04. The maximum atomic E-state index is 12.1. The number of urea groups is 1. The fraction of sp³-hybridized carbons (Fsp3) is 0.846. The molecule has 2 atom stereocenters. The Morgan fingerprint density at radius 3 is 2.58 bits per heavy atom. The van der Waals surface area contributed by atoms with Crippen LogP contribution in [0.2, 0.25) is 0 Å². The summed E-state index contributed by atoms with van der Waals surface area (Å²) >= 11 is 0. The SMILES string of the molecule is CCN(CCCO)C(=O)NC1CCCCC1C(=O)O. The molecule has 1 rings (SSSR count). The minimum Gasteiger partial charge on any atom is -0.481 e. The van der Waals surface area contributed by atoms with Crippen LogP contribution in [-0.2, 0) is 4.79 Å². The van der Waals surface area contributed by atoms with Gasteiger partial charge in [0.2, 0.25) is 0 Å². The van der Waals surface area contributed by atoms with E-state index in [0.29, 0.717) is 25.9 Å². The summed E-state index contributed by atoms with van der Waals surface area (Å²) in [7, 11) is 0. The zero-order valence-corrected chi connectivity index (χ0v) is 11.5. The Kier molecular flexibility index (Phi) is 6.62. The van der Waals surface area contributed by atoms with E-state index in [1.807, 2.05) is 6.92 Å². The number of carbonyl (C=O) groups excluding carboxylic acids is 1. The molecule has 1 fully saturated rings. The molecule has 0 aromatic rings. The fourth-order valence-corrected chi connectivity index (χ4v) is 2.51. The Hall–Kier alpha value is -1.30. The second-order valence-electron chi connectivity index (χ2n) is 4.94. The summed E-state index contributed by atoms with van der Waals surface area (Å²) in [5, 5.41) is 20.8. The molecule has 6 heteroatoms. The zero-order valence-electron chi connectivity index (χ0n) is 11.5. The lowest BCUT2D eigenvalue weighted by molar-refractivity contribution is -0.143. The van der Waals surface area contributed by atoms with Crippen LogP contribution in [-0.4, -0.2) is 52.9 Å². The van der Waals surface area contributed by atoms with Gasteiger partial charge in [-0.25, -0.2) is 4.79 Å². The number of nitrogens with zero attached hydrogens (tertiary/aromatic N) is 1. The number of hydrogen-bond donors (Lipinski definition) is 3. The highest BCUT2D eigenvalue weighted by molar-refractivity contribution is 5.77. The number of aliphatic carboxylic acids is 1. The molecule has 0 aliphatic heterocycles. The number of aliphatic hydroxyl groups is 1. The van der Waals surface area contributed by atoms with Gasteiger partial charge in [-0.3, -0.25) is 4.79 Å². The van der Waals surface area contributed by atoms with E-state index in [1.54, 1.807) is 4.90 Å². The third kappa shape index (κ3) is 4.70. The predicted molar refractivity (Wildman–Crippen MR) is 70.9 cm³/mol. The minimum atomic E-state index is -0.830. The van der Waals surface area contributed by atoms with Crippen LogP contribution in [0.3, 0.4) is 0 Å². The Morgan fingerprint density at radius 1 is 1.32 bits per heavy atom. The van der Waals surface area contributed by atoms with E-state index < -0.39 is 11.9 Å². The number of carbonyl (C=O) groups is 2. The van der Waals surface area contributed by atoms with Crippen molar-refractivity contribution in [2.24, 2.45) is 5.92 Å². The molecule has 0 aromatic carbocycles. The lowest BCUT2D eigenvalue weighted by Crippen LogP contribution is -2.50. The van der Waals surface area contributed by atoms with Crippen molar-refractivity contribution in [3.63, 3.8) is 0 Å². The largest absolute Gasteiger partial charge is 0.481 e. The first-order chi connectivity index (χ1) is 9.10. The Morgan fingerprint density at radius 2 is 2.00 bits per heavy atom. The van der Waals surface area contributed by atoms with Crippen molar-refractivity contribution in [3.05, 3.63) is 0 Å². The fourth-order valence-electron chi connectivity index (χ4n) is 2.51. The zero-order chi connectivity index (χ0) is 14.3. The molecule has 1 aliphatic carbocycles. The quantitative estimate of drug-likeness (QED) is 0.674. The van der Waals surface area contributed by atoms with Crippen molar-refractivity contribution in [2.45, 2.75) is 45.1 Å².